The first-order chi connectivity index (χ1) is 12.2. The number of rotatable bonds is 4. The molecule has 5 nitrogen and oxygen atoms in total. The van der Waals surface area contributed by atoms with Crippen molar-refractivity contribution < 1.29 is 4.79 Å². The number of thiophene rings is 1. The highest BCUT2D eigenvalue weighted by atomic mass is 32.1. The Hall–Kier alpha value is -2.77. The Morgan fingerprint density at radius 1 is 1.12 bits per heavy atom. The maximum Gasteiger partial charge on any atom is 0.266 e. The van der Waals surface area contributed by atoms with E-state index >= 15 is 0 Å². The molecule has 4 aromatic rings. The first kappa shape index (κ1) is 15.7. The summed E-state index contributed by atoms with van der Waals surface area (Å²) in [7, 11) is 0. The Bertz CT molecular complexity index is 1000. The topological polar surface area (TPSA) is 59.8 Å². The van der Waals surface area contributed by atoms with Crippen LogP contribution in [-0.4, -0.2) is 20.7 Å². The van der Waals surface area contributed by atoms with Gasteiger partial charge in [-0.2, -0.15) is 9.78 Å². The summed E-state index contributed by atoms with van der Waals surface area (Å²) in [6, 6.07) is 15.5. The van der Waals surface area contributed by atoms with Gasteiger partial charge in [-0.15, -0.1) is 22.7 Å². The third kappa shape index (κ3) is 3.24. The van der Waals surface area contributed by atoms with Gasteiger partial charge in [0.2, 0.25) is 5.13 Å². The molecule has 0 aliphatic heterocycles. The number of thiazole rings is 1. The minimum absolute atomic E-state index is 0.143. The van der Waals surface area contributed by atoms with Gasteiger partial charge in [0.15, 0.2) is 0 Å². The number of aryl methyl sites for hydroxylation is 1. The summed E-state index contributed by atoms with van der Waals surface area (Å²) in [6.45, 7) is 1.89. The van der Waals surface area contributed by atoms with E-state index in [9.17, 15) is 4.79 Å². The lowest BCUT2D eigenvalue weighted by Crippen LogP contribution is -2.13. The molecular formula is C18H14N4OS2. The Morgan fingerprint density at radius 3 is 2.72 bits per heavy atom. The third-order valence-corrected chi connectivity index (χ3v) is 5.25. The summed E-state index contributed by atoms with van der Waals surface area (Å²) < 4.78 is 1.68. The van der Waals surface area contributed by atoms with E-state index < -0.39 is 0 Å². The zero-order valence-corrected chi connectivity index (χ0v) is 15.0. The van der Waals surface area contributed by atoms with Crippen molar-refractivity contribution in [3.63, 3.8) is 0 Å². The normalized spacial score (nSPS) is 10.8. The van der Waals surface area contributed by atoms with Crippen molar-refractivity contribution in [1.82, 2.24) is 14.8 Å². The second kappa shape index (κ2) is 6.62. The lowest BCUT2D eigenvalue weighted by atomic mass is 10.2. The highest BCUT2D eigenvalue weighted by molar-refractivity contribution is 7.12. The van der Waals surface area contributed by atoms with Gasteiger partial charge in [0.25, 0.3) is 5.91 Å². The molecule has 7 heteroatoms. The highest BCUT2D eigenvalue weighted by Gasteiger charge is 2.15. The molecule has 4 rings (SSSR count). The summed E-state index contributed by atoms with van der Waals surface area (Å²) in [5.41, 5.74) is 2.76. The average Bonchev–Trinajstić information content (AvgIpc) is 3.36. The number of hydrogen-bond donors (Lipinski definition) is 1. The summed E-state index contributed by atoms with van der Waals surface area (Å²) in [4.78, 5) is 17.7. The van der Waals surface area contributed by atoms with Crippen molar-refractivity contribution in [3.05, 3.63) is 69.9 Å². The van der Waals surface area contributed by atoms with Gasteiger partial charge < -0.3 is 5.32 Å². The van der Waals surface area contributed by atoms with Gasteiger partial charge in [0.05, 0.1) is 16.3 Å². The summed E-state index contributed by atoms with van der Waals surface area (Å²) in [5.74, 6) is 0.473. The molecule has 0 radical (unpaired) electrons. The largest absolute Gasteiger partial charge is 0.306 e. The molecule has 1 N–H and O–H groups in total. The zero-order chi connectivity index (χ0) is 17.2. The van der Waals surface area contributed by atoms with Crippen LogP contribution in [0.5, 0.6) is 0 Å². The summed E-state index contributed by atoms with van der Waals surface area (Å²) in [6.07, 6.45) is 0. The van der Waals surface area contributed by atoms with E-state index in [1.165, 1.54) is 22.7 Å². The lowest BCUT2D eigenvalue weighted by Gasteiger charge is -2.05. The first-order valence-corrected chi connectivity index (χ1v) is 9.39. The van der Waals surface area contributed by atoms with Gasteiger partial charge >= 0.3 is 0 Å². The van der Waals surface area contributed by atoms with Crippen LogP contribution in [0.3, 0.4) is 0 Å². The SMILES string of the molecule is Cc1cc(NC(=O)c2cccs2)n(-c2nc(-c3ccccc3)cs2)n1. The summed E-state index contributed by atoms with van der Waals surface area (Å²) >= 11 is 2.90. The number of amides is 1. The third-order valence-electron chi connectivity index (χ3n) is 3.56. The van der Waals surface area contributed by atoms with E-state index in [1.807, 2.05) is 60.1 Å². The molecule has 1 amide bonds. The van der Waals surface area contributed by atoms with E-state index in [0.29, 0.717) is 15.8 Å². The zero-order valence-electron chi connectivity index (χ0n) is 13.3. The van der Waals surface area contributed by atoms with Gasteiger partial charge in [-0.25, -0.2) is 4.98 Å². The van der Waals surface area contributed by atoms with E-state index in [0.717, 1.165) is 17.0 Å². The van der Waals surface area contributed by atoms with Crippen LogP contribution >= 0.6 is 22.7 Å². The monoisotopic (exact) mass is 366 g/mol. The molecule has 0 atom stereocenters. The number of benzene rings is 1. The van der Waals surface area contributed by atoms with Crippen LogP contribution in [0.1, 0.15) is 15.4 Å². The molecule has 0 saturated carbocycles. The van der Waals surface area contributed by atoms with Gasteiger partial charge in [-0.05, 0) is 18.4 Å². The predicted octanol–water partition coefficient (Wildman–Crippen LogP) is 4.62. The van der Waals surface area contributed by atoms with Crippen LogP contribution in [0.15, 0.2) is 59.3 Å². The molecule has 0 aliphatic carbocycles. The average molecular weight is 366 g/mol. The van der Waals surface area contributed by atoms with Gasteiger partial charge in [-0.3, -0.25) is 4.79 Å². The van der Waals surface area contributed by atoms with Gasteiger partial charge in [0, 0.05) is 17.0 Å². The Labute approximate surface area is 152 Å². The summed E-state index contributed by atoms with van der Waals surface area (Å²) in [5, 5.41) is 12.0. The number of aromatic nitrogens is 3. The Kier molecular flexibility index (Phi) is 4.17. The van der Waals surface area contributed by atoms with Crippen LogP contribution in [0.2, 0.25) is 0 Å². The number of nitrogens with one attached hydrogen (secondary N) is 1. The first-order valence-electron chi connectivity index (χ1n) is 7.63. The number of anilines is 1. The van der Waals surface area contributed by atoms with Crippen molar-refractivity contribution in [2.75, 3.05) is 5.32 Å². The van der Waals surface area contributed by atoms with Crippen molar-refractivity contribution in [2.45, 2.75) is 6.92 Å². The molecule has 0 saturated heterocycles. The maximum absolute atomic E-state index is 12.3. The van der Waals surface area contributed by atoms with Crippen LogP contribution in [0.25, 0.3) is 16.4 Å². The molecule has 0 bridgehead atoms. The molecule has 124 valence electrons. The molecule has 3 heterocycles. The van der Waals surface area contributed by atoms with Gasteiger partial charge in [-0.1, -0.05) is 36.4 Å². The smallest absolute Gasteiger partial charge is 0.266 e. The Balaban J connectivity index is 1.65. The second-order valence-electron chi connectivity index (χ2n) is 5.40. The number of nitrogens with zero attached hydrogens (tertiary/aromatic N) is 3. The van der Waals surface area contributed by atoms with E-state index in [-0.39, 0.29) is 5.91 Å². The van der Waals surface area contributed by atoms with E-state index in [1.54, 1.807) is 10.7 Å². The van der Waals surface area contributed by atoms with Crippen molar-refractivity contribution in [1.29, 1.82) is 0 Å². The fourth-order valence-corrected chi connectivity index (χ4v) is 3.84. The minimum Gasteiger partial charge on any atom is -0.306 e. The van der Waals surface area contributed by atoms with Crippen LogP contribution in [-0.2, 0) is 0 Å². The van der Waals surface area contributed by atoms with Crippen LogP contribution in [0.4, 0.5) is 5.82 Å². The Morgan fingerprint density at radius 2 is 1.96 bits per heavy atom. The van der Waals surface area contributed by atoms with Crippen LogP contribution < -0.4 is 5.32 Å². The quantitative estimate of drug-likeness (QED) is 0.573. The molecule has 0 unspecified atom stereocenters. The maximum atomic E-state index is 12.3. The number of carbonyl (C=O) groups excluding carboxylic acids is 1. The van der Waals surface area contributed by atoms with Crippen molar-refractivity contribution in [2.24, 2.45) is 0 Å². The standard InChI is InChI=1S/C18H14N4OS2/c1-12-10-16(20-17(23)15-8-5-9-24-15)22(21-12)18-19-14(11-25-18)13-6-3-2-4-7-13/h2-11H,1H3,(H,20,23). The van der Waals surface area contributed by atoms with Gasteiger partial charge in [0.1, 0.15) is 5.82 Å². The molecule has 0 fully saturated rings. The minimum atomic E-state index is -0.143. The molecule has 3 aromatic heterocycles. The fraction of sp³-hybridized carbons (Fsp3) is 0.0556. The second-order valence-corrected chi connectivity index (χ2v) is 7.18. The molecular weight excluding hydrogens is 352 g/mol. The van der Waals surface area contributed by atoms with Crippen molar-refractivity contribution >= 4 is 34.4 Å². The molecule has 0 spiro atoms. The fourth-order valence-electron chi connectivity index (χ4n) is 2.42. The van der Waals surface area contributed by atoms with Crippen LogP contribution in [0, 0.1) is 6.92 Å². The lowest BCUT2D eigenvalue weighted by molar-refractivity contribution is 0.103. The van der Waals surface area contributed by atoms with Crippen molar-refractivity contribution in [3.8, 4) is 16.4 Å². The number of hydrogen-bond acceptors (Lipinski definition) is 5. The van der Waals surface area contributed by atoms with E-state index in [2.05, 4.69) is 15.4 Å². The predicted molar refractivity (Wildman–Crippen MR) is 102 cm³/mol. The molecule has 1 aromatic carbocycles. The number of carbonyl (C=O) groups is 1. The van der Waals surface area contributed by atoms with E-state index in [4.69, 9.17) is 0 Å². The molecule has 0 aliphatic rings. The molecule has 25 heavy (non-hydrogen) atoms. The highest BCUT2D eigenvalue weighted by Crippen LogP contribution is 2.26.